The van der Waals surface area contributed by atoms with Crippen molar-refractivity contribution in [3.05, 3.63) is 112 Å². The largest absolute Gasteiger partial charge is 0.455 e. The number of carbonyl (C=O) groups excluding carboxylic acids is 2. The zero-order valence-corrected chi connectivity index (χ0v) is 21.4. The lowest BCUT2D eigenvalue weighted by atomic mass is 9.70. The minimum absolute atomic E-state index is 0.291. The molecular formula is C32H34N2O3. The maximum Gasteiger partial charge on any atom is 0.323 e. The molecule has 0 heterocycles. The smallest absolute Gasteiger partial charge is 0.323 e. The molecule has 0 spiro atoms. The monoisotopic (exact) mass is 494 g/mol. The molecule has 1 amide bonds. The molecule has 190 valence electrons. The highest BCUT2D eigenvalue weighted by Crippen LogP contribution is 2.56. The van der Waals surface area contributed by atoms with Crippen LogP contribution < -0.4 is 11.5 Å². The summed E-state index contributed by atoms with van der Waals surface area (Å²) in [5.41, 5.74) is 18.8. The van der Waals surface area contributed by atoms with Gasteiger partial charge in [-0.2, -0.15) is 0 Å². The number of hydrogen-bond donors (Lipinski definition) is 2. The van der Waals surface area contributed by atoms with Gasteiger partial charge in [0.2, 0.25) is 5.91 Å². The Morgan fingerprint density at radius 1 is 0.973 bits per heavy atom. The fraction of sp³-hybridized carbons (Fsp3) is 0.312. The van der Waals surface area contributed by atoms with Crippen LogP contribution in [0.15, 0.2) is 78.4 Å². The second kappa shape index (κ2) is 9.98. The number of fused-ring (bicyclic) bond motifs is 2. The molecule has 4 N–H and O–H groups in total. The van der Waals surface area contributed by atoms with Crippen LogP contribution in [0, 0.1) is 11.3 Å². The summed E-state index contributed by atoms with van der Waals surface area (Å²) in [6, 6.07) is 23.4. The van der Waals surface area contributed by atoms with Crippen LogP contribution in [0.25, 0.3) is 6.08 Å². The van der Waals surface area contributed by atoms with E-state index in [1.165, 1.54) is 22.3 Å². The Hall–Kier alpha value is -3.70. The van der Waals surface area contributed by atoms with Crippen molar-refractivity contribution in [2.45, 2.75) is 51.7 Å². The van der Waals surface area contributed by atoms with Gasteiger partial charge in [0.15, 0.2) is 0 Å². The van der Waals surface area contributed by atoms with Crippen molar-refractivity contribution in [2.24, 2.45) is 22.8 Å². The van der Waals surface area contributed by atoms with Crippen LogP contribution in [-0.4, -0.2) is 17.9 Å². The molecule has 0 saturated carbocycles. The molecule has 0 aliphatic heterocycles. The molecular weight excluding hydrogens is 460 g/mol. The van der Waals surface area contributed by atoms with Crippen LogP contribution >= 0.6 is 0 Å². The van der Waals surface area contributed by atoms with E-state index < -0.39 is 23.5 Å². The highest BCUT2D eigenvalue weighted by Gasteiger charge is 2.51. The molecule has 5 rings (SSSR count). The zero-order chi connectivity index (χ0) is 26.2. The molecule has 0 aromatic heterocycles. The average molecular weight is 495 g/mol. The minimum Gasteiger partial charge on any atom is -0.455 e. The van der Waals surface area contributed by atoms with Crippen molar-refractivity contribution >= 4 is 18.0 Å². The third kappa shape index (κ3) is 4.84. The fourth-order valence-electron chi connectivity index (χ4n) is 5.97. The third-order valence-electron chi connectivity index (χ3n) is 7.77. The van der Waals surface area contributed by atoms with E-state index in [-0.39, 0.29) is 5.97 Å². The molecule has 0 saturated heterocycles. The van der Waals surface area contributed by atoms with Crippen molar-refractivity contribution in [2.75, 3.05) is 0 Å². The first kappa shape index (κ1) is 25.0. The molecule has 3 aromatic rings. The SMILES string of the molecule is CC(C)C[C@H](N)C(=O)O[C@@H]1c2ccccc2C[C@@]1(Cc1ccc(C(N)=O)cc1)C1=Cc2ccccc2C1. The lowest BCUT2D eigenvalue weighted by molar-refractivity contribution is -0.156. The van der Waals surface area contributed by atoms with Gasteiger partial charge in [0.05, 0.1) is 0 Å². The molecule has 3 atom stereocenters. The maximum absolute atomic E-state index is 13.3. The van der Waals surface area contributed by atoms with Crippen LogP contribution in [-0.2, 0) is 28.8 Å². The van der Waals surface area contributed by atoms with Crippen LogP contribution in [0.3, 0.4) is 0 Å². The lowest BCUT2D eigenvalue weighted by Gasteiger charge is -2.38. The Morgan fingerprint density at radius 3 is 2.32 bits per heavy atom. The Morgan fingerprint density at radius 2 is 1.65 bits per heavy atom. The molecule has 2 aliphatic rings. The van der Waals surface area contributed by atoms with Gasteiger partial charge in [-0.25, -0.2) is 0 Å². The van der Waals surface area contributed by atoms with Gasteiger partial charge in [0, 0.05) is 11.0 Å². The van der Waals surface area contributed by atoms with Crippen LogP contribution in [0.2, 0.25) is 0 Å². The number of hydrogen-bond acceptors (Lipinski definition) is 4. The quantitative estimate of drug-likeness (QED) is 0.423. The highest BCUT2D eigenvalue weighted by atomic mass is 16.5. The van der Waals surface area contributed by atoms with Gasteiger partial charge in [-0.3, -0.25) is 9.59 Å². The summed E-state index contributed by atoms with van der Waals surface area (Å²) in [7, 11) is 0. The number of carbonyl (C=O) groups is 2. The van der Waals surface area contributed by atoms with Gasteiger partial charge >= 0.3 is 5.97 Å². The number of benzene rings is 3. The summed E-state index contributed by atoms with van der Waals surface area (Å²) >= 11 is 0. The molecule has 5 nitrogen and oxygen atoms in total. The van der Waals surface area contributed by atoms with Crippen molar-refractivity contribution in [1.29, 1.82) is 0 Å². The van der Waals surface area contributed by atoms with Gasteiger partial charge in [-0.05, 0) is 71.6 Å². The normalized spacial score (nSPS) is 20.8. The van der Waals surface area contributed by atoms with Crippen molar-refractivity contribution in [1.82, 2.24) is 0 Å². The van der Waals surface area contributed by atoms with Gasteiger partial charge < -0.3 is 16.2 Å². The number of esters is 1. The second-order valence-electron chi connectivity index (χ2n) is 10.9. The van der Waals surface area contributed by atoms with Crippen molar-refractivity contribution < 1.29 is 14.3 Å². The molecule has 3 aromatic carbocycles. The summed E-state index contributed by atoms with van der Waals surface area (Å²) in [4.78, 5) is 25.0. The summed E-state index contributed by atoms with van der Waals surface area (Å²) in [5, 5.41) is 0. The molecule has 0 fully saturated rings. The summed E-state index contributed by atoms with van der Waals surface area (Å²) < 4.78 is 6.38. The van der Waals surface area contributed by atoms with Crippen LogP contribution in [0.4, 0.5) is 0 Å². The number of ether oxygens (including phenoxy) is 1. The first-order valence-corrected chi connectivity index (χ1v) is 13.0. The summed E-state index contributed by atoms with van der Waals surface area (Å²) in [6.45, 7) is 4.11. The highest BCUT2D eigenvalue weighted by molar-refractivity contribution is 5.92. The summed E-state index contributed by atoms with van der Waals surface area (Å²) in [6.07, 6.45) is 4.58. The van der Waals surface area contributed by atoms with E-state index in [1.54, 1.807) is 12.1 Å². The van der Waals surface area contributed by atoms with Gasteiger partial charge in [-0.15, -0.1) is 0 Å². The number of nitrogens with two attached hydrogens (primary N) is 2. The molecule has 37 heavy (non-hydrogen) atoms. The van der Waals surface area contributed by atoms with E-state index in [4.69, 9.17) is 16.2 Å². The fourth-order valence-corrected chi connectivity index (χ4v) is 5.97. The Bertz CT molecular complexity index is 1360. The number of primary amides is 1. The molecule has 0 unspecified atom stereocenters. The third-order valence-corrected chi connectivity index (χ3v) is 7.77. The number of rotatable bonds is 8. The van der Waals surface area contributed by atoms with Gasteiger partial charge in [0.25, 0.3) is 0 Å². The van der Waals surface area contributed by atoms with Gasteiger partial charge in [0.1, 0.15) is 12.1 Å². The zero-order valence-electron chi connectivity index (χ0n) is 21.4. The Kier molecular flexibility index (Phi) is 6.74. The van der Waals surface area contributed by atoms with E-state index >= 15 is 0 Å². The predicted molar refractivity (Wildman–Crippen MR) is 146 cm³/mol. The van der Waals surface area contributed by atoms with Crippen LogP contribution in [0.5, 0.6) is 0 Å². The minimum atomic E-state index is -0.671. The van der Waals surface area contributed by atoms with Crippen molar-refractivity contribution in [3.63, 3.8) is 0 Å². The van der Waals surface area contributed by atoms with E-state index in [0.717, 1.165) is 24.0 Å². The lowest BCUT2D eigenvalue weighted by Crippen LogP contribution is -2.39. The summed E-state index contributed by atoms with van der Waals surface area (Å²) in [5.74, 6) is -0.520. The van der Waals surface area contributed by atoms with Gasteiger partial charge in [-0.1, -0.05) is 86.2 Å². The number of amides is 1. The first-order chi connectivity index (χ1) is 17.8. The van der Waals surface area contributed by atoms with E-state index in [0.29, 0.717) is 24.3 Å². The van der Waals surface area contributed by atoms with E-state index in [2.05, 4.69) is 56.3 Å². The Labute approximate surface area is 218 Å². The Balaban J connectivity index is 1.59. The molecule has 2 aliphatic carbocycles. The first-order valence-electron chi connectivity index (χ1n) is 13.0. The van der Waals surface area contributed by atoms with Crippen LogP contribution in [0.1, 0.15) is 64.5 Å². The van der Waals surface area contributed by atoms with E-state index in [1.807, 2.05) is 24.3 Å². The standard InChI is InChI=1S/C32H34N2O3/c1-20(2)15-28(33)31(36)37-29-27-10-6-5-9-25(27)19-32(29,18-21-11-13-22(14-12-21)30(34)35)26-16-23-7-3-4-8-24(23)17-26/h3-14,16,20,28-29H,15,17-19,33H2,1-2H3,(H2,34,35)/t28-,29+,32-/m0/s1. The predicted octanol–water partition coefficient (Wildman–Crippen LogP) is 5.17. The molecule has 0 radical (unpaired) electrons. The second-order valence-corrected chi connectivity index (χ2v) is 10.9. The maximum atomic E-state index is 13.3. The molecule has 5 heteroatoms. The van der Waals surface area contributed by atoms with Crippen molar-refractivity contribution in [3.8, 4) is 0 Å². The average Bonchev–Trinajstić information content (AvgIpc) is 3.44. The molecule has 0 bridgehead atoms. The van der Waals surface area contributed by atoms with E-state index in [9.17, 15) is 9.59 Å². The topological polar surface area (TPSA) is 95.4 Å².